The van der Waals surface area contributed by atoms with Gasteiger partial charge in [-0.1, -0.05) is 152 Å². The highest BCUT2D eigenvalue weighted by Crippen LogP contribution is 2.47. The van der Waals surface area contributed by atoms with Crippen LogP contribution in [0.5, 0.6) is 0 Å². The number of aliphatic hydroxyl groups excluding tert-OH is 5. The van der Waals surface area contributed by atoms with E-state index in [1.807, 2.05) is 12.2 Å². The van der Waals surface area contributed by atoms with Crippen LogP contribution in [-0.2, 0) is 32.7 Å². The molecule has 6 unspecified atom stereocenters. The first kappa shape index (κ1) is 58.6. The Morgan fingerprint density at radius 2 is 0.873 bits per heavy atom. The maximum absolute atomic E-state index is 12.8. The van der Waals surface area contributed by atoms with Gasteiger partial charge in [-0.3, -0.25) is 18.6 Å². The first-order valence-electron chi connectivity index (χ1n) is 24.1. The summed E-state index contributed by atoms with van der Waals surface area (Å²) in [4.78, 5) is 35.7. The molecule has 6 N–H and O–H groups in total. The molecule has 0 heterocycles. The molecule has 0 radical (unpaired) electrons. The van der Waals surface area contributed by atoms with E-state index in [1.54, 1.807) is 0 Å². The van der Waals surface area contributed by atoms with Crippen LogP contribution in [0.4, 0.5) is 0 Å². The fourth-order valence-electron chi connectivity index (χ4n) is 6.92. The van der Waals surface area contributed by atoms with Gasteiger partial charge in [0.05, 0.1) is 6.61 Å². The molecule has 8 atom stereocenters. The molecule has 1 fully saturated rings. The Hall–Kier alpha value is -2.45. The van der Waals surface area contributed by atoms with E-state index in [2.05, 4.69) is 62.5 Å². The van der Waals surface area contributed by atoms with Gasteiger partial charge in [-0.25, -0.2) is 4.57 Å². The number of unbranched alkanes of at least 4 members (excludes halogenated alkanes) is 17. The second-order valence-electron chi connectivity index (χ2n) is 16.6. The number of rotatable bonds is 39. The van der Waals surface area contributed by atoms with E-state index in [0.717, 1.165) is 51.4 Å². The predicted molar refractivity (Wildman–Crippen MR) is 249 cm³/mol. The average molecular weight is 913 g/mol. The number of phosphoric acid groups is 1. The number of hydrogen-bond acceptors (Lipinski definition) is 12. The third kappa shape index (κ3) is 31.2. The van der Waals surface area contributed by atoms with Crippen molar-refractivity contribution < 1.29 is 63.1 Å². The molecule has 1 aliphatic rings. The Bertz CT molecular complexity index is 1330. The van der Waals surface area contributed by atoms with Gasteiger partial charge >= 0.3 is 19.8 Å². The van der Waals surface area contributed by atoms with Crippen molar-refractivity contribution in [3.63, 3.8) is 0 Å². The van der Waals surface area contributed by atoms with Crippen LogP contribution in [0, 0.1) is 0 Å². The maximum atomic E-state index is 12.8. The lowest BCUT2D eigenvalue weighted by Crippen LogP contribution is -2.64. The minimum Gasteiger partial charge on any atom is -0.462 e. The van der Waals surface area contributed by atoms with Crippen molar-refractivity contribution >= 4 is 19.8 Å². The molecule has 14 heteroatoms. The third-order valence-electron chi connectivity index (χ3n) is 10.8. The average Bonchev–Trinajstić information content (AvgIpc) is 3.26. The van der Waals surface area contributed by atoms with Gasteiger partial charge in [0.25, 0.3) is 0 Å². The van der Waals surface area contributed by atoms with Gasteiger partial charge in [-0.05, 0) is 77.0 Å². The second-order valence-corrected chi connectivity index (χ2v) is 18.0. The summed E-state index contributed by atoms with van der Waals surface area (Å²) < 4.78 is 33.5. The third-order valence-corrected chi connectivity index (χ3v) is 11.8. The fourth-order valence-corrected chi connectivity index (χ4v) is 7.89. The molecule has 0 spiro atoms. The van der Waals surface area contributed by atoms with Crippen LogP contribution < -0.4 is 0 Å². The first-order chi connectivity index (χ1) is 30.4. The van der Waals surface area contributed by atoms with E-state index in [-0.39, 0.29) is 12.8 Å². The van der Waals surface area contributed by atoms with Gasteiger partial charge in [-0.2, -0.15) is 0 Å². The van der Waals surface area contributed by atoms with Gasteiger partial charge < -0.3 is 39.9 Å². The van der Waals surface area contributed by atoms with Crippen molar-refractivity contribution in [1.82, 2.24) is 0 Å². The van der Waals surface area contributed by atoms with Gasteiger partial charge in [0.15, 0.2) is 6.10 Å². The summed E-state index contributed by atoms with van der Waals surface area (Å²) in [5.74, 6) is -1.19. The van der Waals surface area contributed by atoms with Crippen molar-refractivity contribution in [1.29, 1.82) is 0 Å². The minimum absolute atomic E-state index is 0.0625. The highest BCUT2D eigenvalue weighted by Gasteiger charge is 2.51. The summed E-state index contributed by atoms with van der Waals surface area (Å²) in [6.45, 7) is 3.22. The number of hydrogen-bond donors (Lipinski definition) is 6. The summed E-state index contributed by atoms with van der Waals surface area (Å²) in [6.07, 6.45) is 34.3. The molecule has 1 aliphatic carbocycles. The Labute approximate surface area is 379 Å². The monoisotopic (exact) mass is 913 g/mol. The van der Waals surface area contributed by atoms with E-state index in [4.69, 9.17) is 18.5 Å². The van der Waals surface area contributed by atoms with Crippen LogP contribution in [0.2, 0.25) is 0 Å². The Morgan fingerprint density at radius 1 is 0.492 bits per heavy atom. The minimum atomic E-state index is -5.14. The number of carbonyl (C=O) groups excluding carboxylic acids is 2. The van der Waals surface area contributed by atoms with Gasteiger partial charge in [-0.15, -0.1) is 0 Å². The standard InChI is InChI=1S/C49H85O13P/c1-3-5-7-9-11-13-15-17-18-19-20-21-22-23-24-26-27-29-31-33-35-37-42(50)59-39-41(40-60-63(57,58)62-49-47(55)45(53)44(52)46(54)48(49)56)61-43(51)38-36-34-32-30-28-25-16-14-12-10-8-6-4-2/h18-19,21-22,24-26,28-29,31,41,44-49,52-56H,3-17,20,23,27,30,32-40H2,1-2H3,(H,57,58)/b19-18+,22-21+,26-24+,28-25+,31-29+/t41-,44?,45-,46?,47?,48?,49?/m0/s1. The van der Waals surface area contributed by atoms with Crippen LogP contribution in [0.3, 0.4) is 0 Å². The SMILES string of the molecule is CCCCCCCC/C=C/CCCCCC(=O)O[C@@H](COC(=O)CCC/C=C/C/C=C/C/C=C/C/C=C/CCCCCCCCC)COP(=O)(O)OC1C(O)C(O)C(O)[C@H](O)C1O. The van der Waals surface area contributed by atoms with Crippen molar-refractivity contribution in [2.24, 2.45) is 0 Å². The summed E-state index contributed by atoms with van der Waals surface area (Å²) in [6, 6.07) is 0. The molecule has 0 aromatic rings. The van der Waals surface area contributed by atoms with Crippen molar-refractivity contribution in [2.45, 2.75) is 224 Å². The van der Waals surface area contributed by atoms with Gasteiger partial charge in [0.1, 0.15) is 43.2 Å². The molecule has 0 amide bonds. The van der Waals surface area contributed by atoms with Crippen LogP contribution in [-0.4, -0.2) is 98.3 Å². The molecule has 0 aromatic carbocycles. The fraction of sp³-hybridized carbons (Fsp3) is 0.755. The zero-order valence-electron chi connectivity index (χ0n) is 38.6. The molecule has 63 heavy (non-hydrogen) atoms. The van der Waals surface area contributed by atoms with Crippen LogP contribution in [0.15, 0.2) is 60.8 Å². The number of phosphoric ester groups is 1. The van der Waals surface area contributed by atoms with Gasteiger partial charge in [0.2, 0.25) is 0 Å². The van der Waals surface area contributed by atoms with E-state index < -0.39 is 75.7 Å². The number of ether oxygens (including phenoxy) is 2. The zero-order chi connectivity index (χ0) is 46.4. The van der Waals surface area contributed by atoms with E-state index >= 15 is 0 Å². The summed E-state index contributed by atoms with van der Waals surface area (Å²) in [5.41, 5.74) is 0. The molecule has 0 aliphatic heterocycles. The molecule has 1 rings (SSSR count). The molecule has 13 nitrogen and oxygen atoms in total. The Morgan fingerprint density at radius 3 is 1.37 bits per heavy atom. The number of allylic oxidation sites excluding steroid dienone is 10. The van der Waals surface area contributed by atoms with Crippen LogP contribution >= 0.6 is 7.82 Å². The van der Waals surface area contributed by atoms with Crippen molar-refractivity contribution in [3.05, 3.63) is 60.8 Å². The topological polar surface area (TPSA) is 210 Å². The van der Waals surface area contributed by atoms with E-state index in [9.17, 15) is 44.6 Å². The number of esters is 2. The van der Waals surface area contributed by atoms with Crippen molar-refractivity contribution in [3.8, 4) is 0 Å². The van der Waals surface area contributed by atoms with Crippen LogP contribution in [0.1, 0.15) is 181 Å². The smallest absolute Gasteiger partial charge is 0.462 e. The highest BCUT2D eigenvalue weighted by molar-refractivity contribution is 7.47. The Balaban J connectivity index is 2.48. The molecule has 364 valence electrons. The first-order valence-corrected chi connectivity index (χ1v) is 25.6. The number of carbonyl (C=O) groups is 2. The van der Waals surface area contributed by atoms with Crippen molar-refractivity contribution in [2.75, 3.05) is 13.2 Å². The Kier molecular flexibility index (Phi) is 36.1. The lowest BCUT2D eigenvalue weighted by molar-refractivity contribution is -0.220. The molecule has 0 aromatic heterocycles. The normalized spacial score (nSPS) is 22.2. The molecule has 0 bridgehead atoms. The lowest BCUT2D eigenvalue weighted by atomic mass is 9.85. The zero-order valence-corrected chi connectivity index (χ0v) is 39.5. The second kappa shape index (κ2) is 38.8. The van der Waals surface area contributed by atoms with E-state index in [1.165, 1.54) is 83.5 Å². The molecule has 1 saturated carbocycles. The summed E-state index contributed by atoms with van der Waals surface area (Å²) in [5, 5.41) is 50.1. The molecule has 0 saturated heterocycles. The molecular weight excluding hydrogens is 828 g/mol. The highest BCUT2D eigenvalue weighted by atomic mass is 31.2. The predicted octanol–water partition coefficient (Wildman–Crippen LogP) is 9.73. The maximum Gasteiger partial charge on any atom is 0.472 e. The lowest BCUT2D eigenvalue weighted by Gasteiger charge is -2.41. The largest absolute Gasteiger partial charge is 0.472 e. The molecular formula is C49H85O13P. The van der Waals surface area contributed by atoms with Gasteiger partial charge in [0, 0.05) is 12.8 Å². The van der Waals surface area contributed by atoms with Crippen LogP contribution in [0.25, 0.3) is 0 Å². The number of aliphatic hydroxyl groups is 5. The van der Waals surface area contributed by atoms with E-state index in [0.29, 0.717) is 19.3 Å². The summed E-state index contributed by atoms with van der Waals surface area (Å²) in [7, 11) is -5.14. The quantitative estimate of drug-likeness (QED) is 0.0147. The summed E-state index contributed by atoms with van der Waals surface area (Å²) >= 11 is 0.